The van der Waals surface area contributed by atoms with Crippen molar-refractivity contribution in [1.29, 1.82) is 0 Å². The van der Waals surface area contributed by atoms with Gasteiger partial charge >= 0.3 is 0 Å². The first-order valence-electron chi connectivity index (χ1n) is 5.84. The van der Waals surface area contributed by atoms with E-state index in [-0.39, 0.29) is 5.82 Å². The Kier molecular flexibility index (Phi) is 2.52. The summed E-state index contributed by atoms with van der Waals surface area (Å²) in [5.41, 5.74) is 1.66. The number of fused-ring (bicyclic) bond motifs is 1. The molecule has 0 unspecified atom stereocenters. The molecule has 1 aromatic carbocycles. The first-order valence-corrected chi connectivity index (χ1v) is 5.84. The van der Waals surface area contributed by atoms with E-state index in [1.165, 1.54) is 6.07 Å². The topological polar surface area (TPSA) is 19.6 Å². The molecule has 0 saturated carbocycles. The first-order chi connectivity index (χ1) is 8.24. The highest BCUT2D eigenvalue weighted by Gasteiger charge is 2.18. The second-order valence-electron chi connectivity index (χ2n) is 4.55. The second kappa shape index (κ2) is 4.04. The number of furan rings is 1. The normalized spacial score (nSPS) is 17.9. The van der Waals surface area contributed by atoms with Crippen molar-refractivity contribution in [2.75, 3.05) is 38.1 Å². The first kappa shape index (κ1) is 10.6. The Bertz CT molecular complexity index is 529. The Hall–Kier alpha value is -1.55. The van der Waals surface area contributed by atoms with Crippen molar-refractivity contribution in [1.82, 2.24) is 4.90 Å². The van der Waals surface area contributed by atoms with Crippen molar-refractivity contribution in [2.45, 2.75) is 0 Å². The molecule has 3 nitrogen and oxygen atoms in total. The van der Waals surface area contributed by atoms with Crippen molar-refractivity contribution in [3.8, 4) is 0 Å². The molecule has 4 heteroatoms. The molecular weight excluding hydrogens is 219 g/mol. The summed E-state index contributed by atoms with van der Waals surface area (Å²) in [6, 6.07) is 4.88. The van der Waals surface area contributed by atoms with Gasteiger partial charge in [0.25, 0.3) is 0 Å². The number of piperazine rings is 1. The van der Waals surface area contributed by atoms with Crippen molar-refractivity contribution >= 4 is 16.7 Å². The predicted octanol–water partition coefficient (Wildman–Crippen LogP) is 2.32. The average Bonchev–Trinajstić information content (AvgIpc) is 2.77. The lowest BCUT2D eigenvalue weighted by atomic mass is 10.2. The van der Waals surface area contributed by atoms with Crippen molar-refractivity contribution in [3.05, 3.63) is 30.3 Å². The third-order valence-corrected chi connectivity index (χ3v) is 3.34. The zero-order chi connectivity index (χ0) is 11.8. The second-order valence-corrected chi connectivity index (χ2v) is 4.55. The quantitative estimate of drug-likeness (QED) is 0.755. The molecule has 2 heterocycles. The highest BCUT2D eigenvalue weighted by molar-refractivity contribution is 5.89. The van der Waals surface area contributed by atoms with Gasteiger partial charge < -0.3 is 14.2 Å². The van der Waals surface area contributed by atoms with Gasteiger partial charge in [-0.2, -0.15) is 0 Å². The Labute approximate surface area is 99.4 Å². The van der Waals surface area contributed by atoms with Crippen molar-refractivity contribution in [2.24, 2.45) is 0 Å². The Morgan fingerprint density at radius 3 is 2.71 bits per heavy atom. The lowest BCUT2D eigenvalue weighted by Crippen LogP contribution is -2.44. The largest absolute Gasteiger partial charge is 0.462 e. The third-order valence-electron chi connectivity index (χ3n) is 3.34. The van der Waals surface area contributed by atoms with Crippen LogP contribution in [0.15, 0.2) is 28.9 Å². The minimum absolute atomic E-state index is 0.201. The smallest absolute Gasteiger partial charge is 0.157 e. The van der Waals surface area contributed by atoms with Crippen LogP contribution in [0.25, 0.3) is 11.0 Å². The molecule has 1 saturated heterocycles. The zero-order valence-corrected chi connectivity index (χ0v) is 9.82. The Morgan fingerprint density at radius 1 is 1.18 bits per heavy atom. The summed E-state index contributed by atoms with van der Waals surface area (Å²) in [6.07, 6.45) is 1.61. The number of halogens is 1. The fourth-order valence-corrected chi connectivity index (χ4v) is 2.31. The van der Waals surface area contributed by atoms with Gasteiger partial charge in [-0.1, -0.05) is 0 Å². The molecule has 0 bridgehead atoms. The number of rotatable bonds is 1. The molecule has 0 aliphatic carbocycles. The maximum Gasteiger partial charge on any atom is 0.157 e. The third kappa shape index (κ3) is 1.89. The number of nitrogens with zero attached hydrogens (tertiary/aromatic N) is 2. The predicted molar refractivity (Wildman–Crippen MR) is 65.9 cm³/mol. The van der Waals surface area contributed by atoms with E-state index in [4.69, 9.17) is 4.42 Å². The maximum absolute atomic E-state index is 13.5. The van der Waals surface area contributed by atoms with Crippen molar-refractivity contribution < 1.29 is 8.81 Å². The Balaban J connectivity index is 2.01. The summed E-state index contributed by atoms with van der Waals surface area (Å²) >= 11 is 0. The highest BCUT2D eigenvalue weighted by atomic mass is 19.1. The van der Waals surface area contributed by atoms with E-state index in [2.05, 4.69) is 16.8 Å². The van der Waals surface area contributed by atoms with Crippen molar-refractivity contribution in [3.63, 3.8) is 0 Å². The lowest BCUT2D eigenvalue weighted by Gasteiger charge is -2.33. The fraction of sp³-hybridized carbons (Fsp3) is 0.385. The molecule has 1 aliphatic rings. The minimum Gasteiger partial charge on any atom is -0.462 e. The summed E-state index contributed by atoms with van der Waals surface area (Å²) in [5, 5.41) is 0.832. The summed E-state index contributed by atoms with van der Waals surface area (Å²) in [4.78, 5) is 4.46. The van der Waals surface area contributed by atoms with Gasteiger partial charge in [-0.15, -0.1) is 0 Å². The molecular formula is C13H15FN2O. The highest BCUT2D eigenvalue weighted by Crippen LogP contribution is 2.29. The SMILES string of the molecule is CN1CCN(c2cc(F)cc3ccoc23)CC1. The molecule has 1 aromatic heterocycles. The standard InChI is InChI=1S/C13H15FN2O/c1-15-3-5-16(6-4-15)12-9-11(14)8-10-2-7-17-13(10)12/h2,7-9H,3-6H2,1H3. The van der Waals surface area contributed by atoms with Crippen LogP contribution in [0, 0.1) is 5.82 Å². The molecule has 2 aromatic rings. The van der Waals surface area contributed by atoms with E-state index in [0.717, 1.165) is 42.8 Å². The number of hydrogen-bond acceptors (Lipinski definition) is 3. The monoisotopic (exact) mass is 234 g/mol. The van der Waals surface area contributed by atoms with Gasteiger partial charge in [0, 0.05) is 37.6 Å². The van der Waals surface area contributed by atoms with Crippen LogP contribution < -0.4 is 4.90 Å². The molecule has 0 radical (unpaired) electrons. The zero-order valence-electron chi connectivity index (χ0n) is 9.82. The van der Waals surface area contributed by atoms with Gasteiger partial charge in [0.05, 0.1) is 12.0 Å². The molecule has 17 heavy (non-hydrogen) atoms. The molecule has 0 atom stereocenters. The van der Waals surface area contributed by atoms with Crippen LogP contribution >= 0.6 is 0 Å². The number of anilines is 1. The fourth-order valence-electron chi connectivity index (χ4n) is 2.31. The van der Waals surface area contributed by atoms with Crippen LogP contribution in [0.5, 0.6) is 0 Å². The average molecular weight is 234 g/mol. The van der Waals surface area contributed by atoms with E-state index in [9.17, 15) is 4.39 Å². The summed E-state index contributed by atoms with van der Waals surface area (Å²) in [7, 11) is 2.10. The molecule has 1 aliphatic heterocycles. The van der Waals surface area contributed by atoms with E-state index >= 15 is 0 Å². The maximum atomic E-state index is 13.5. The number of likely N-dealkylation sites (N-methyl/N-ethyl adjacent to an activating group) is 1. The van der Waals surface area contributed by atoms with Gasteiger partial charge in [-0.05, 0) is 19.2 Å². The van der Waals surface area contributed by atoms with E-state index in [0.29, 0.717) is 0 Å². The van der Waals surface area contributed by atoms with E-state index < -0.39 is 0 Å². The minimum atomic E-state index is -0.201. The summed E-state index contributed by atoms with van der Waals surface area (Å²) in [5.74, 6) is -0.201. The molecule has 1 fully saturated rings. The van der Waals surface area contributed by atoms with E-state index in [1.807, 2.05) is 0 Å². The summed E-state index contributed by atoms with van der Waals surface area (Å²) < 4.78 is 19.0. The van der Waals surface area contributed by atoms with Crippen LogP contribution in [0.3, 0.4) is 0 Å². The molecule has 90 valence electrons. The van der Waals surface area contributed by atoms with Crippen LogP contribution in [-0.2, 0) is 0 Å². The van der Waals surface area contributed by atoms with Crippen LogP contribution in [0.2, 0.25) is 0 Å². The molecule has 3 rings (SSSR count). The van der Waals surface area contributed by atoms with Crippen LogP contribution in [0.1, 0.15) is 0 Å². The van der Waals surface area contributed by atoms with E-state index in [1.54, 1.807) is 18.4 Å². The van der Waals surface area contributed by atoms with Gasteiger partial charge in [-0.25, -0.2) is 4.39 Å². The lowest BCUT2D eigenvalue weighted by molar-refractivity contribution is 0.312. The van der Waals surface area contributed by atoms with Crippen LogP contribution in [-0.4, -0.2) is 38.1 Å². The molecule has 0 N–H and O–H groups in total. The number of benzene rings is 1. The Morgan fingerprint density at radius 2 is 1.94 bits per heavy atom. The summed E-state index contributed by atoms with van der Waals surface area (Å²) in [6.45, 7) is 3.82. The molecule has 0 spiro atoms. The van der Waals surface area contributed by atoms with Crippen LogP contribution in [0.4, 0.5) is 10.1 Å². The van der Waals surface area contributed by atoms with Gasteiger partial charge in [0.1, 0.15) is 5.82 Å². The van der Waals surface area contributed by atoms with Gasteiger partial charge in [0.15, 0.2) is 5.58 Å². The molecule has 0 amide bonds. The number of hydrogen-bond donors (Lipinski definition) is 0. The van der Waals surface area contributed by atoms with Gasteiger partial charge in [0.2, 0.25) is 0 Å². The van der Waals surface area contributed by atoms with Gasteiger partial charge in [-0.3, -0.25) is 0 Å².